The lowest BCUT2D eigenvalue weighted by molar-refractivity contribution is 0.0946. The molecule has 3 heteroatoms. The minimum Gasteiger partial charge on any atom is -0.267 e. The zero-order valence-electron chi connectivity index (χ0n) is 16.0. The summed E-state index contributed by atoms with van der Waals surface area (Å²) in [7, 11) is 0. The topological polar surface area (TPSA) is 34.9 Å². The third-order valence-electron chi connectivity index (χ3n) is 5.30. The summed E-state index contributed by atoms with van der Waals surface area (Å²) in [6.07, 6.45) is 3.23. The van der Waals surface area contributed by atoms with Crippen LogP contribution in [0.25, 0.3) is 22.4 Å². The van der Waals surface area contributed by atoms with Gasteiger partial charge in [0, 0.05) is 23.6 Å². The Morgan fingerprint density at radius 1 is 0.759 bits per heavy atom. The number of carbonyl (C=O) groups excluding carboxylic acids is 1. The summed E-state index contributed by atoms with van der Waals surface area (Å²) in [5.74, 6) is -0.0726. The molecule has 5 rings (SSSR count). The van der Waals surface area contributed by atoms with Crippen molar-refractivity contribution in [3.05, 3.63) is 114 Å². The quantitative estimate of drug-likeness (QED) is 0.466. The zero-order chi connectivity index (χ0) is 19.6. The highest BCUT2D eigenvalue weighted by Crippen LogP contribution is 2.37. The molecule has 0 unspecified atom stereocenters. The van der Waals surface area contributed by atoms with E-state index in [1.807, 2.05) is 66.7 Å². The van der Waals surface area contributed by atoms with Crippen molar-refractivity contribution in [2.75, 3.05) is 0 Å². The number of fused-ring (bicyclic) bond motifs is 1. The van der Waals surface area contributed by atoms with Gasteiger partial charge < -0.3 is 0 Å². The van der Waals surface area contributed by atoms with E-state index in [0.29, 0.717) is 6.42 Å². The van der Waals surface area contributed by atoms with Gasteiger partial charge in [0.25, 0.3) is 5.91 Å². The first-order valence-electron chi connectivity index (χ1n) is 9.80. The molecular formula is C26H20N2O. The molecule has 1 aliphatic heterocycles. The third-order valence-corrected chi connectivity index (χ3v) is 5.30. The van der Waals surface area contributed by atoms with E-state index in [-0.39, 0.29) is 5.91 Å². The molecule has 140 valence electrons. The Bertz CT molecular complexity index is 1190. The molecule has 4 aromatic rings. The lowest BCUT2D eigenvalue weighted by Crippen LogP contribution is -2.20. The predicted octanol–water partition coefficient (Wildman–Crippen LogP) is 5.58. The van der Waals surface area contributed by atoms with Gasteiger partial charge in [-0.05, 0) is 17.5 Å². The summed E-state index contributed by atoms with van der Waals surface area (Å²) in [6, 6.07) is 30.6. The second-order valence-electron chi connectivity index (χ2n) is 7.29. The Hall–Kier alpha value is -3.72. The van der Waals surface area contributed by atoms with Crippen LogP contribution in [0, 0.1) is 0 Å². The normalized spacial score (nSPS) is 13.1. The van der Waals surface area contributed by atoms with E-state index in [9.17, 15) is 4.79 Å². The molecule has 3 aromatic carbocycles. The number of carbonyl (C=O) groups is 1. The lowest BCUT2D eigenvalue weighted by Gasteiger charge is -2.16. The van der Waals surface area contributed by atoms with Crippen LogP contribution in [-0.2, 0) is 12.8 Å². The number of rotatable bonds is 4. The monoisotopic (exact) mass is 376 g/mol. The van der Waals surface area contributed by atoms with Gasteiger partial charge in [0.15, 0.2) is 0 Å². The van der Waals surface area contributed by atoms with Crippen molar-refractivity contribution in [2.24, 2.45) is 0 Å². The van der Waals surface area contributed by atoms with Crippen molar-refractivity contribution < 1.29 is 4.79 Å². The van der Waals surface area contributed by atoms with E-state index in [2.05, 4.69) is 24.3 Å². The standard InChI is InChI=1S/C26H20N2O/c29-24-18-20(16-19-10-4-1-5-11-19)17-23-25(21-12-6-2-7-13-21)26(27-28(23)24)22-14-8-3-9-15-22/h1-15,18H,16-17H2. The summed E-state index contributed by atoms with van der Waals surface area (Å²) in [4.78, 5) is 12.9. The van der Waals surface area contributed by atoms with Crippen molar-refractivity contribution in [1.29, 1.82) is 0 Å². The molecule has 1 aliphatic rings. The van der Waals surface area contributed by atoms with E-state index in [1.165, 1.54) is 5.56 Å². The van der Waals surface area contributed by atoms with Crippen molar-refractivity contribution in [3.63, 3.8) is 0 Å². The third kappa shape index (κ3) is 3.32. The molecule has 0 N–H and O–H groups in total. The number of nitrogens with zero attached hydrogens (tertiary/aromatic N) is 2. The molecule has 0 radical (unpaired) electrons. The first kappa shape index (κ1) is 17.4. The number of allylic oxidation sites excluding steroid dienone is 2. The van der Waals surface area contributed by atoms with Gasteiger partial charge in [-0.3, -0.25) is 4.79 Å². The second-order valence-corrected chi connectivity index (χ2v) is 7.29. The Balaban J connectivity index is 1.63. The molecular weight excluding hydrogens is 356 g/mol. The van der Waals surface area contributed by atoms with Gasteiger partial charge in [0.2, 0.25) is 0 Å². The Morgan fingerprint density at radius 3 is 2.00 bits per heavy atom. The van der Waals surface area contributed by atoms with Crippen LogP contribution >= 0.6 is 0 Å². The van der Waals surface area contributed by atoms with Gasteiger partial charge in [0.05, 0.1) is 5.69 Å². The van der Waals surface area contributed by atoms with Gasteiger partial charge in [-0.2, -0.15) is 9.78 Å². The fourth-order valence-electron chi connectivity index (χ4n) is 3.98. The van der Waals surface area contributed by atoms with Gasteiger partial charge in [0.1, 0.15) is 5.69 Å². The first-order chi connectivity index (χ1) is 14.3. The van der Waals surface area contributed by atoms with Crippen LogP contribution in [0.5, 0.6) is 0 Å². The van der Waals surface area contributed by atoms with Crippen LogP contribution < -0.4 is 0 Å². The van der Waals surface area contributed by atoms with Gasteiger partial charge in [-0.15, -0.1) is 0 Å². The molecule has 0 fully saturated rings. The number of benzene rings is 3. The van der Waals surface area contributed by atoms with E-state index < -0.39 is 0 Å². The molecule has 0 aliphatic carbocycles. The lowest BCUT2D eigenvalue weighted by atomic mass is 9.92. The van der Waals surface area contributed by atoms with Crippen molar-refractivity contribution in [3.8, 4) is 22.4 Å². The molecule has 0 amide bonds. The van der Waals surface area contributed by atoms with Crippen molar-refractivity contribution in [2.45, 2.75) is 12.8 Å². The highest BCUT2D eigenvalue weighted by atomic mass is 16.2. The van der Waals surface area contributed by atoms with Crippen molar-refractivity contribution >= 4 is 5.91 Å². The maximum atomic E-state index is 12.9. The Labute approximate surface area is 170 Å². The number of hydrogen-bond donors (Lipinski definition) is 0. The van der Waals surface area contributed by atoms with E-state index in [0.717, 1.165) is 40.1 Å². The second kappa shape index (κ2) is 7.36. The summed E-state index contributed by atoms with van der Waals surface area (Å²) in [5.41, 5.74) is 7.30. The van der Waals surface area contributed by atoms with Crippen LogP contribution in [0.4, 0.5) is 0 Å². The van der Waals surface area contributed by atoms with E-state index in [1.54, 1.807) is 10.8 Å². The van der Waals surface area contributed by atoms with E-state index in [4.69, 9.17) is 5.10 Å². The minimum atomic E-state index is -0.0726. The average molecular weight is 376 g/mol. The summed E-state index contributed by atoms with van der Waals surface area (Å²) in [6.45, 7) is 0. The molecule has 0 saturated heterocycles. The number of hydrogen-bond acceptors (Lipinski definition) is 2. The maximum absolute atomic E-state index is 12.9. The molecule has 3 nitrogen and oxygen atoms in total. The predicted molar refractivity (Wildman–Crippen MR) is 116 cm³/mol. The largest absolute Gasteiger partial charge is 0.271 e. The molecule has 0 spiro atoms. The molecule has 29 heavy (non-hydrogen) atoms. The van der Waals surface area contributed by atoms with Gasteiger partial charge >= 0.3 is 0 Å². The van der Waals surface area contributed by atoms with Crippen LogP contribution in [0.2, 0.25) is 0 Å². The Kier molecular flexibility index (Phi) is 4.41. The fraction of sp³-hybridized carbons (Fsp3) is 0.0769. The van der Waals surface area contributed by atoms with E-state index >= 15 is 0 Å². The van der Waals surface area contributed by atoms with Crippen LogP contribution in [0.15, 0.2) is 103 Å². The van der Waals surface area contributed by atoms with Gasteiger partial charge in [-0.1, -0.05) is 96.6 Å². The smallest absolute Gasteiger partial charge is 0.267 e. The molecule has 0 bridgehead atoms. The highest BCUT2D eigenvalue weighted by molar-refractivity contribution is 5.95. The van der Waals surface area contributed by atoms with Crippen LogP contribution in [0.1, 0.15) is 16.1 Å². The first-order valence-corrected chi connectivity index (χ1v) is 9.80. The van der Waals surface area contributed by atoms with Crippen LogP contribution in [-0.4, -0.2) is 15.7 Å². The average Bonchev–Trinajstić information content (AvgIpc) is 3.16. The summed E-state index contributed by atoms with van der Waals surface area (Å²) in [5, 5.41) is 4.74. The van der Waals surface area contributed by atoms with Crippen LogP contribution in [0.3, 0.4) is 0 Å². The fourth-order valence-corrected chi connectivity index (χ4v) is 3.98. The maximum Gasteiger partial charge on any atom is 0.271 e. The highest BCUT2D eigenvalue weighted by Gasteiger charge is 2.27. The summed E-state index contributed by atoms with van der Waals surface area (Å²) < 4.78 is 1.58. The van der Waals surface area contributed by atoms with Crippen molar-refractivity contribution in [1.82, 2.24) is 9.78 Å². The Morgan fingerprint density at radius 2 is 1.34 bits per heavy atom. The SMILES string of the molecule is O=C1C=C(Cc2ccccc2)Cc2c(-c3ccccc3)c(-c3ccccc3)nn21. The molecule has 0 saturated carbocycles. The molecule has 0 atom stereocenters. The molecule has 2 heterocycles. The molecule has 1 aromatic heterocycles. The van der Waals surface area contributed by atoms with Gasteiger partial charge in [-0.25, -0.2) is 0 Å². The minimum absolute atomic E-state index is 0.0726. The number of aromatic nitrogens is 2. The zero-order valence-corrected chi connectivity index (χ0v) is 16.0. The summed E-state index contributed by atoms with van der Waals surface area (Å²) >= 11 is 0.